The summed E-state index contributed by atoms with van der Waals surface area (Å²) in [6.45, 7) is 3.37. The Morgan fingerprint density at radius 1 is 1.27 bits per heavy atom. The van der Waals surface area contributed by atoms with Gasteiger partial charge in [0, 0.05) is 31.0 Å². The molecule has 1 aromatic rings. The first-order valence-corrected chi connectivity index (χ1v) is 7.72. The van der Waals surface area contributed by atoms with Crippen LogP contribution in [-0.4, -0.2) is 42.8 Å². The number of benzene rings is 1. The first-order chi connectivity index (χ1) is 10.5. The van der Waals surface area contributed by atoms with Crippen molar-refractivity contribution < 1.29 is 14.3 Å². The SMILES string of the molecule is COc1ccc(C(=O)CCC(=O)N2CC(CN)CC2C)cc1. The number of nitrogens with zero attached hydrogens (tertiary/aromatic N) is 1. The molecule has 0 aliphatic carbocycles. The van der Waals surface area contributed by atoms with E-state index in [2.05, 4.69) is 0 Å². The summed E-state index contributed by atoms with van der Waals surface area (Å²) in [4.78, 5) is 26.3. The fraction of sp³-hybridized carbons (Fsp3) is 0.529. The second-order valence-corrected chi connectivity index (χ2v) is 5.88. The van der Waals surface area contributed by atoms with E-state index in [1.54, 1.807) is 31.4 Å². The monoisotopic (exact) mass is 304 g/mol. The van der Waals surface area contributed by atoms with Gasteiger partial charge in [0.2, 0.25) is 5.91 Å². The Labute approximate surface area is 131 Å². The van der Waals surface area contributed by atoms with Gasteiger partial charge in [0.25, 0.3) is 0 Å². The van der Waals surface area contributed by atoms with Crippen LogP contribution in [0.4, 0.5) is 0 Å². The van der Waals surface area contributed by atoms with Crippen LogP contribution in [0.25, 0.3) is 0 Å². The molecule has 2 rings (SSSR count). The van der Waals surface area contributed by atoms with Gasteiger partial charge in [-0.3, -0.25) is 9.59 Å². The third-order valence-electron chi connectivity index (χ3n) is 4.29. The quantitative estimate of drug-likeness (QED) is 0.814. The average molecular weight is 304 g/mol. The van der Waals surface area contributed by atoms with Crippen molar-refractivity contribution in [2.24, 2.45) is 11.7 Å². The van der Waals surface area contributed by atoms with E-state index >= 15 is 0 Å². The number of methoxy groups -OCH3 is 1. The Hall–Kier alpha value is -1.88. The van der Waals surface area contributed by atoms with Gasteiger partial charge in [-0.05, 0) is 50.1 Å². The van der Waals surface area contributed by atoms with E-state index in [0.29, 0.717) is 30.3 Å². The summed E-state index contributed by atoms with van der Waals surface area (Å²) >= 11 is 0. The molecule has 1 saturated heterocycles. The first-order valence-electron chi connectivity index (χ1n) is 7.72. The molecule has 2 N–H and O–H groups in total. The number of carbonyl (C=O) groups excluding carboxylic acids is 2. The van der Waals surface area contributed by atoms with Crippen molar-refractivity contribution in [2.45, 2.75) is 32.2 Å². The largest absolute Gasteiger partial charge is 0.497 e. The third kappa shape index (κ3) is 3.85. The molecule has 5 nitrogen and oxygen atoms in total. The van der Waals surface area contributed by atoms with Crippen molar-refractivity contribution in [3.63, 3.8) is 0 Å². The van der Waals surface area contributed by atoms with Gasteiger partial charge in [-0.25, -0.2) is 0 Å². The Kier molecular flexibility index (Phi) is 5.55. The van der Waals surface area contributed by atoms with Crippen molar-refractivity contribution in [1.82, 2.24) is 4.90 Å². The summed E-state index contributed by atoms with van der Waals surface area (Å²) in [6, 6.07) is 7.19. The number of carbonyl (C=O) groups is 2. The Balaban J connectivity index is 1.86. The molecule has 1 fully saturated rings. The van der Waals surface area contributed by atoms with Crippen LogP contribution in [0, 0.1) is 5.92 Å². The van der Waals surface area contributed by atoms with Crippen LogP contribution in [0.1, 0.15) is 36.5 Å². The summed E-state index contributed by atoms with van der Waals surface area (Å²) in [6.07, 6.45) is 1.45. The lowest BCUT2D eigenvalue weighted by Crippen LogP contribution is -2.34. The van der Waals surface area contributed by atoms with Gasteiger partial charge < -0.3 is 15.4 Å². The number of hydrogen-bond acceptors (Lipinski definition) is 4. The molecule has 0 spiro atoms. The number of ether oxygens (including phenoxy) is 1. The van der Waals surface area contributed by atoms with E-state index in [1.807, 2.05) is 11.8 Å². The van der Waals surface area contributed by atoms with Gasteiger partial charge >= 0.3 is 0 Å². The molecule has 1 aliphatic rings. The molecule has 22 heavy (non-hydrogen) atoms. The zero-order valence-corrected chi connectivity index (χ0v) is 13.2. The van der Waals surface area contributed by atoms with Gasteiger partial charge in [0.05, 0.1) is 7.11 Å². The minimum atomic E-state index is -0.0155. The van der Waals surface area contributed by atoms with E-state index in [-0.39, 0.29) is 30.6 Å². The summed E-state index contributed by atoms with van der Waals surface area (Å²) < 4.78 is 5.06. The van der Waals surface area contributed by atoms with E-state index in [4.69, 9.17) is 10.5 Å². The van der Waals surface area contributed by atoms with Crippen LogP contribution in [0.2, 0.25) is 0 Å². The van der Waals surface area contributed by atoms with Crippen molar-refractivity contribution in [3.8, 4) is 5.75 Å². The van der Waals surface area contributed by atoms with E-state index in [0.717, 1.165) is 6.42 Å². The predicted molar refractivity (Wildman–Crippen MR) is 84.9 cm³/mol. The molecule has 0 saturated carbocycles. The standard InChI is InChI=1S/C17H24N2O3/c1-12-9-13(10-18)11-19(12)17(21)8-7-16(20)14-3-5-15(22-2)6-4-14/h3-6,12-13H,7-11,18H2,1-2H3. The van der Waals surface area contributed by atoms with Crippen LogP contribution in [0.15, 0.2) is 24.3 Å². The average Bonchev–Trinajstić information content (AvgIpc) is 2.93. The molecule has 1 aromatic carbocycles. The molecule has 120 valence electrons. The van der Waals surface area contributed by atoms with Crippen molar-refractivity contribution in [3.05, 3.63) is 29.8 Å². The zero-order valence-electron chi connectivity index (χ0n) is 13.2. The molecular weight excluding hydrogens is 280 g/mol. The molecule has 1 heterocycles. The summed E-state index contributed by atoms with van der Waals surface area (Å²) in [5.41, 5.74) is 6.29. The number of ketones is 1. The lowest BCUT2D eigenvalue weighted by molar-refractivity contribution is -0.131. The molecule has 5 heteroatoms. The maximum atomic E-state index is 12.3. The second-order valence-electron chi connectivity index (χ2n) is 5.88. The molecule has 1 amide bonds. The van der Waals surface area contributed by atoms with Crippen LogP contribution < -0.4 is 10.5 Å². The predicted octanol–water partition coefficient (Wildman–Crippen LogP) is 1.85. The molecular formula is C17H24N2O3. The topological polar surface area (TPSA) is 72.6 Å². The molecule has 0 bridgehead atoms. The Morgan fingerprint density at radius 3 is 2.50 bits per heavy atom. The summed E-state index contributed by atoms with van der Waals surface area (Å²) in [5.74, 6) is 1.13. The number of rotatable bonds is 6. The first kappa shape index (κ1) is 16.5. The Morgan fingerprint density at radius 2 is 1.95 bits per heavy atom. The van der Waals surface area contributed by atoms with Crippen molar-refractivity contribution in [1.29, 1.82) is 0 Å². The zero-order chi connectivity index (χ0) is 16.1. The fourth-order valence-corrected chi connectivity index (χ4v) is 2.95. The normalized spacial score (nSPS) is 21.0. The summed E-state index contributed by atoms with van der Waals surface area (Å²) in [7, 11) is 1.58. The lowest BCUT2D eigenvalue weighted by atomic mass is 10.1. The van der Waals surface area contributed by atoms with Gasteiger partial charge in [-0.2, -0.15) is 0 Å². The van der Waals surface area contributed by atoms with Crippen LogP contribution in [-0.2, 0) is 4.79 Å². The van der Waals surface area contributed by atoms with E-state index in [1.165, 1.54) is 0 Å². The van der Waals surface area contributed by atoms with E-state index < -0.39 is 0 Å². The highest BCUT2D eigenvalue weighted by Gasteiger charge is 2.31. The highest BCUT2D eigenvalue weighted by Crippen LogP contribution is 2.23. The van der Waals surface area contributed by atoms with Gasteiger partial charge in [-0.15, -0.1) is 0 Å². The number of hydrogen-bond donors (Lipinski definition) is 1. The molecule has 0 aromatic heterocycles. The minimum Gasteiger partial charge on any atom is -0.497 e. The summed E-state index contributed by atoms with van der Waals surface area (Å²) in [5, 5.41) is 0. The highest BCUT2D eigenvalue weighted by atomic mass is 16.5. The number of nitrogens with two attached hydrogens (primary N) is 1. The number of likely N-dealkylation sites (tertiary alicyclic amines) is 1. The fourth-order valence-electron chi connectivity index (χ4n) is 2.95. The second kappa shape index (κ2) is 7.40. The van der Waals surface area contributed by atoms with Crippen molar-refractivity contribution in [2.75, 3.05) is 20.2 Å². The maximum absolute atomic E-state index is 12.3. The van der Waals surface area contributed by atoms with Crippen LogP contribution in [0.5, 0.6) is 5.75 Å². The van der Waals surface area contributed by atoms with Gasteiger partial charge in [0.15, 0.2) is 5.78 Å². The van der Waals surface area contributed by atoms with Gasteiger partial charge in [0.1, 0.15) is 5.75 Å². The van der Waals surface area contributed by atoms with E-state index in [9.17, 15) is 9.59 Å². The molecule has 2 unspecified atom stereocenters. The van der Waals surface area contributed by atoms with Gasteiger partial charge in [-0.1, -0.05) is 0 Å². The smallest absolute Gasteiger partial charge is 0.223 e. The third-order valence-corrected chi connectivity index (χ3v) is 4.29. The lowest BCUT2D eigenvalue weighted by Gasteiger charge is -2.21. The number of Topliss-reactive ketones (excluding diaryl/α,β-unsaturated/α-hetero) is 1. The van der Waals surface area contributed by atoms with Crippen LogP contribution >= 0.6 is 0 Å². The Bertz CT molecular complexity index is 527. The van der Waals surface area contributed by atoms with Crippen molar-refractivity contribution >= 4 is 11.7 Å². The number of amides is 1. The van der Waals surface area contributed by atoms with Crippen LogP contribution in [0.3, 0.4) is 0 Å². The molecule has 1 aliphatic heterocycles. The maximum Gasteiger partial charge on any atom is 0.223 e. The highest BCUT2D eigenvalue weighted by molar-refractivity contribution is 5.98. The molecule has 0 radical (unpaired) electrons. The molecule has 2 atom stereocenters. The minimum absolute atomic E-state index is 0.0155.